The number of para-hydroxylation sites is 2. The number of furan rings is 1. The summed E-state index contributed by atoms with van der Waals surface area (Å²) < 4.78 is 8.68. The normalized spacial score (nSPS) is 15.0. The van der Waals surface area contributed by atoms with E-state index in [0.717, 1.165) is 67.1 Å². The number of aromatic nitrogens is 5. The molecule has 0 saturated carbocycles. The van der Waals surface area contributed by atoms with Crippen LogP contribution in [0.4, 0.5) is 0 Å². The van der Waals surface area contributed by atoms with Gasteiger partial charge in [0.05, 0.1) is 16.4 Å². The van der Waals surface area contributed by atoms with Gasteiger partial charge in [-0.25, -0.2) is 19.9 Å². The van der Waals surface area contributed by atoms with Crippen LogP contribution in [0.1, 0.15) is 19.2 Å². The van der Waals surface area contributed by atoms with Crippen LogP contribution in [-0.2, 0) is 0 Å². The summed E-state index contributed by atoms with van der Waals surface area (Å²) >= 11 is 0. The van der Waals surface area contributed by atoms with E-state index in [4.69, 9.17) is 24.4 Å². The van der Waals surface area contributed by atoms with Crippen LogP contribution in [0, 0.1) is 5.92 Å². The molecule has 0 fully saturated rings. The highest BCUT2D eigenvalue weighted by molar-refractivity contribution is 6.23. The summed E-state index contributed by atoms with van der Waals surface area (Å²) in [6.07, 6.45) is 7.28. The lowest BCUT2D eigenvalue weighted by molar-refractivity contribution is 0.673. The van der Waals surface area contributed by atoms with Crippen LogP contribution in [0.25, 0.3) is 78.0 Å². The van der Waals surface area contributed by atoms with E-state index in [9.17, 15) is 0 Å². The Labute approximate surface area is 259 Å². The SMILES string of the molecule is CC1C=CC=C(c2nc(-c3ccccc3)nc(-c3cccc(-n4c5ccccc5c5c6oc7ccccc7c6ccc54)n3)n2)C1. The second kappa shape index (κ2) is 10.1. The van der Waals surface area contributed by atoms with Gasteiger partial charge in [0.15, 0.2) is 17.5 Å². The number of rotatable bonds is 4. The Morgan fingerprint density at radius 2 is 1.42 bits per heavy atom. The molecule has 0 N–H and O–H groups in total. The van der Waals surface area contributed by atoms with E-state index in [1.54, 1.807) is 0 Å². The maximum absolute atomic E-state index is 6.48. The molecule has 1 aliphatic rings. The molecule has 214 valence electrons. The van der Waals surface area contributed by atoms with E-state index >= 15 is 0 Å². The molecular weight excluding hydrogens is 554 g/mol. The second-order valence-corrected chi connectivity index (χ2v) is 11.6. The number of nitrogens with zero attached hydrogens (tertiary/aromatic N) is 5. The fourth-order valence-electron chi connectivity index (χ4n) is 6.51. The third-order valence-electron chi connectivity index (χ3n) is 8.61. The first kappa shape index (κ1) is 25.6. The van der Waals surface area contributed by atoms with Gasteiger partial charge in [-0.15, -0.1) is 0 Å². The monoisotopic (exact) mass is 581 g/mol. The van der Waals surface area contributed by atoms with Crippen molar-refractivity contribution in [2.75, 3.05) is 0 Å². The van der Waals surface area contributed by atoms with Crippen molar-refractivity contribution in [2.45, 2.75) is 13.3 Å². The van der Waals surface area contributed by atoms with Crippen LogP contribution in [0.5, 0.6) is 0 Å². The van der Waals surface area contributed by atoms with Crippen molar-refractivity contribution in [3.63, 3.8) is 0 Å². The summed E-state index contributed by atoms with van der Waals surface area (Å²) in [5.74, 6) is 3.07. The fraction of sp³-hybridized carbons (Fsp3) is 0.0769. The van der Waals surface area contributed by atoms with Crippen LogP contribution < -0.4 is 0 Å². The first-order chi connectivity index (χ1) is 22.2. The number of fused-ring (bicyclic) bond motifs is 7. The highest BCUT2D eigenvalue weighted by atomic mass is 16.3. The Kier molecular flexibility index (Phi) is 5.75. The number of hydrogen-bond donors (Lipinski definition) is 0. The lowest BCUT2D eigenvalue weighted by Gasteiger charge is -2.15. The molecule has 1 aliphatic carbocycles. The molecule has 45 heavy (non-hydrogen) atoms. The molecule has 4 heterocycles. The Bertz CT molecular complexity index is 2490. The molecule has 6 nitrogen and oxygen atoms in total. The predicted octanol–water partition coefficient (Wildman–Crippen LogP) is 9.58. The molecule has 6 heteroatoms. The molecule has 0 aliphatic heterocycles. The highest BCUT2D eigenvalue weighted by Crippen LogP contribution is 2.40. The van der Waals surface area contributed by atoms with Gasteiger partial charge < -0.3 is 4.42 Å². The Hall–Kier alpha value is -5.88. The molecule has 8 aromatic rings. The minimum atomic E-state index is 0.417. The fourth-order valence-corrected chi connectivity index (χ4v) is 6.51. The van der Waals surface area contributed by atoms with Crippen molar-refractivity contribution >= 4 is 49.3 Å². The summed E-state index contributed by atoms with van der Waals surface area (Å²) in [4.78, 5) is 20.0. The predicted molar refractivity (Wildman–Crippen MR) is 181 cm³/mol. The molecule has 0 saturated heterocycles. The first-order valence-corrected chi connectivity index (χ1v) is 15.2. The van der Waals surface area contributed by atoms with Crippen LogP contribution in [0.15, 0.2) is 132 Å². The maximum atomic E-state index is 6.48. The molecule has 0 spiro atoms. The molecule has 0 bridgehead atoms. The zero-order valence-corrected chi connectivity index (χ0v) is 24.6. The van der Waals surface area contributed by atoms with E-state index in [1.165, 1.54) is 0 Å². The third kappa shape index (κ3) is 4.18. The molecule has 0 radical (unpaired) electrons. The van der Waals surface area contributed by atoms with Gasteiger partial charge in [0.2, 0.25) is 0 Å². The van der Waals surface area contributed by atoms with Crippen molar-refractivity contribution < 1.29 is 4.42 Å². The van der Waals surface area contributed by atoms with E-state index < -0.39 is 0 Å². The lowest BCUT2D eigenvalue weighted by atomic mass is 9.95. The maximum Gasteiger partial charge on any atom is 0.182 e. The van der Waals surface area contributed by atoms with Gasteiger partial charge in [-0.1, -0.05) is 97.9 Å². The van der Waals surface area contributed by atoms with Gasteiger partial charge in [-0.2, -0.15) is 0 Å². The van der Waals surface area contributed by atoms with Gasteiger partial charge in [0, 0.05) is 21.7 Å². The smallest absolute Gasteiger partial charge is 0.182 e. The zero-order chi connectivity index (χ0) is 29.9. The number of hydrogen-bond acceptors (Lipinski definition) is 5. The van der Waals surface area contributed by atoms with Gasteiger partial charge in [0.1, 0.15) is 22.7 Å². The van der Waals surface area contributed by atoms with Crippen molar-refractivity contribution in [1.29, 1.82) is 0 Å². The summed E-state index contributed by atoms with van der Waals surface area (Å²) in [5, 5.41) is 4.41. The zero-order valence-electron chi connectivity index (χ0n) is 24.6. The molecular formula is C39H27N5O. The Morgan fingerprint density at radius 1 is 0.644 bits per heavy atom. The Balaban J connectivity index is 1.26. The van der Waals surface area contributed by atoms with Crippen molar-refractivity contribution in [3.05, 3.63) is 133 Å². The summed E-state index contributed by atoms with van der Waals surface area (Å²) in [5.41, 5.74) is 6.58. The molecule has 1 atom stereocenters. The standard InChI is InChI=1S/C39H27N5O/c1-24-11-9-14-26(23-24)38-41-37(25-12-3-2-4-13-25)42-39(43-38)30-17-10-20-34(40-30)44-31-18-7-5-16-29(31)35-32(44)22-21-28-27-15-6-8-19-33(27)45-36(28)35/h2-22,24H,23H2,1H3. The van der Waals surface area contributed by atoms with Crippen molar-refractivity contribution in [2.24, 2.45) is 5.92 Å². The third-order valence-corrected chi connectivity index (χ3v) is 8.61. The second-order valence-electron chi connectivity index (χ2n) is 11.6. The number of allylic oxidation sites excluding steroid dienone is 4. The van der Waals surface area contributed by atoms with Crippen LogP contribution in [-0.4, -0.2) is 24.5 Å². The van der Waals surface area contributed by atoms with Crippen LogP contribution >= 0.6 is 0 Å². The summed E-state index contributed by atoms with van der Waals surface area (Å²) in [6, 6.07) is 37.1. The largest absolute Gasteiger partial charge is 0.455 e. The molecule has 9 rings (SSSR count). The number of benzene rings is 4. The van der Waals surface area contributed by atoms with E-state index in [0.29, 0.717) is 29.1 Å². The Morgan fingerprint density at radius 3 is 2.31 bits per heavy atom. The molecule has 0 amide bonds. The molecule has 4 aromatic carbocycles. The number of pyridine rings is 1. The van der Waals surface area contributed by atoms with E-state index in [-0.39, 0.29) is 0 Å². The average Bonchev–Trinajstić information content (AvgIpc) is 3.64. The van der Waals surface area contributed by atoms with Crippen molar-refractivity contribution in [3.8, 4) is 28.7 Å². The van der Waals surface area contributed by atoms with Gasteiger partial charge in [0.25, 0.3) is 0 Å². The van der Waals surface area contributed by atoms with Crippen molar-refractivity contribution in [1.82, 2.24) is 24.5 Å². The quantitative estimate of drug-likeness (QED) is 0.207. The highest BCUT2D eigenvalue weighted by Gasteiger charge is 2.21. The molecule has 1 unspecified atom stereocenters. The van der Waals surface area contributed by atoms with E-state index in [1.807, 2.05) is 60.7 Å². The summed E-state index contributed by atoms with van der Waals surface area (Å²) in [6.45, 7) is 2.21. The first-order valence-electron chi connectivity index (χ1n) is 15.2. The van der Waals surface area contributed by atoms with Gasteiger partial charge >= 0.3 is 0 Å². The molecule has 4 aromatic heterocycles. The van der Waals surface area contributed by atoms with Gasteiger partial charge in [-0.05, 0) is 54.3 Å². The van der Waals surface area contributed by atoms with E-state index in [2.05, 4.69) is 78.2 Å². The van der Waals surface area contributed by atoms with Crippen LogP contribution in [0.2, 0.25) is 0 Å². The minimum Gasteiger partial charge on any atom is -0.455 e. The van der Waals surface area contributed by atoms with Gasteiger partial charge in [-0.3, -0.25) is 4.57 Å². The topological polar surface area (TPSA) is 69.6 Å². The summed E-state index contributed by atoms with van der Waals surface area (Å²) in [7, 11) is 0. The lowest BCUT2D eigenvalue weighted by Crippen LogP contribution is -2.07. The average molecular weight is 582 g/mol. The minimum absolute atomic E-state index is 0.417. The van der Waals surface area contributed by atoms with Crippen LogP contribution in [0.3, 0.4) is 0 Å².